The largest absolute Gasteiger partial charge is 0.348 e. The van der Waals surface area contributed by atoms with E-state index in [0.29, 0.717) is 6.54 Å². The van der Waals surface area contributed by atoms with E-state index in [9.17, 15) is 4.79 Å². The zero-order chi connectivity index (χ0) is 17.1. The molecule has 2 rings (SSSR count). The van der Waals surface area contributed by atoms with E-state index in [0.717, 1.165) is 28.1 Å². The van der Waals surface area contributed by atoms with Crippen molar-refractivity contribution in [2.24, 2.45) is 5.92 Å². The second-order valence-electron chi connectivity index (χ2n) is 5.87. The second kappa shape index (κ2) is 7.29. The van der Waals surface area contributed by atoms with E-state index in [-0.39, 0.29) is 17.9 Å². The minimum absolute atomic E-state index is 0.0185. The number of halogens is 1. The maximum atomic E-state index is 12.5. The highest BCUT2D eigenvalue weighted by Crippen LogP contribution is 2.21. The predicted octanol–water partition coefficient (Wildman–Crippen LogP) is 2.99. The minimum atomic E-state index is -0.166. The van der Waals surface area contributed by atoms with Crippen molar-refractivity contribution >= 4 is 21.8 Å². The zero-order valence-corrected chi connectivity index (χ0v) is 15.9. The van der Waals surface area contributed by atoms with Gasteiger partial charge in [0.25, 0.3) is 0 Å². The number of hydrogen-bond acceptors (Lipinski definition) is 3. The summed E-state index contributed by atoms with van der Waals surface area (Å²) in [5, 5.41) is 11.8. The summed E-state index contributed by atoms with van der Waals surface area (Å²) in [5.74, 6) is -0.148. The van der Waals surface area contributed by atoms with Gasteiger partial charge in [0, 0.05) is 18.4 Å². The molecule has 0 aromatic carbocycles. The van der Waals surface area contributed by atoms with Gasteiger partial charge in [-0.2, -0.15) is 10.2 Å². The van der Waals surface area contributed by atoms with E-state index in [1.165, 1.54) is 0 Å². The molecule has 0 saturated heterocycles. The van der Waals surface area contributed by atoms with Gasteiger partial charge in [-0.05, 0) is 49.7 Å². The molecule has 0 fully saturated rings. The summed E-state index contributed by atoms with van der Waals surface area (Å²) in [7, 11) is 0. The Kier molecular flexibility index (Phi) is 5.62. The molecule has 0 spiro atoms. The number of nitrogens with one attached hydrogen (secondary N) is 1. The van der Waals surface area contributed by atoms with Crippen LogP contribution < -0.4 is 5.32 Å². The molecule has 6 nitrogen and oxygen atoms in total. The topological polar surface area (TPSA) is 64.7 Å². The number of carbonyl (C=O) groups is 1. The van der Waals surface area contributed by atoms with Gasteiger partial charge in [-0.3, -0.25) is 14.2 Å². The van der Waals surface area contributed by atoms with Crippen molar-refractivity contribution in [1.29, 1.82) is 0 Å². The van der Waals surface area contributed by atoms with Crippen LogP contribution >= 0.6 is 15.9 Å². The summed E-state index contributed by atoms with van der Waals surface area (Å²) < 4.78 is 4.78. The second-order valence-corrected chi connectivity index (χ2v) is 6.66. The van der Waals surface area contributed by atoms with Crippen LogP contribution in [0.25, 0.3) is 0 Å². The third kappa shape index (κ3) is 3.83. The molecule has 2 aromatic heterocycles. The number of hydrogen-bond donors (Lipinski definition) is 1. The molecule has 23 heavy (non-hydrogen) atoms. The fourth-order valence-electron chi connectivity index (χ4n) is 2.60. The first-order chi connectivity index (χ1) is 10.8. The maximum absolute atomic E-state index is 12.5. The lowest BCUT2D eigenvalue weighted by Gasteiger charge is -2.19. The Morgan fingerprint density at radius 3 is 2.61 bits per heavy atom. The van der Waals surface area contributed by atoms with Gasteiger partial charge in [0.1, 0.15) is 0 Å². The first-order valence-corrected chi connectivity index (χ1v) is 8.66. The van der Waals surface area contributed by atoms with Gasteiger partial charge in [-0.15, -0.1) is 0 Å². The van der Waals surface area contributed by atoms with Gasteiger partial charge in [0.05, 0.1) is 34.4 Å². The number of carbonyl (C=O) groups excluding carboxylic acids is 1. The lowest BCUT2D eigenvalue weighted by molar-refractivity contribution is -0.125. The van der Waals surface area contributed by atoms with Crippen LogP contribution in [-0.4, -0.2) is 25.5 Å². The van der Waals surface area contributed by atoms with E-state index in [1.807, 2.05) is 50.0 Å². The van der Waals surface area contributed by atoms with Gasteiger partial charge in [0.15, 0.2) is 0 Å². The molecule has 2 heterocycles. The van der Waals surface area contributed by atoms with E-state index in [1.54, 1.807) is 6.20 Å². The number of amides is 1. The fraction of sp³-hybridized carbons (Fsp3) is 0.562. The Hall–Kier alpha value is -1.63. The number of rotatable bonds is 6. The van der Waals surface area contributed by atoms with Gasteiger partial charge in [-0.25, -0.2) is 0 Å². The van der Waals surface area contributed by atoms with Crippen LogP contribution in [0.1, 0.15) is 43.9 Å². The van der Waals surface area contributed by atoms with Crippen LogP contribution in [0.3, 0.4) is 0 Å². The van der Waals surface area contributed by atoms with Crippen molar-refractivity contribution in [3.63, 3.8) is 0 Å². The molecule has 0 aliphatic carbocycles. The van der Waals surface area contributed by atoms with Crippen LogP contribution in [0.5, 0.6) is 0 Å². The van der Waals surface area contributed by atoms with Crippen LogP contribution in [0.4, 0.5) is 0 Å². The first-order valence-electron chi connectivity index (χ1n) is 7.86. The Labute approximate surface area is 145 Å². The minimum Gasteiger partial charge on any atom is -0.348 e. The monoisotopic (exact) mass is 381 g/mol. The summed E-state index contributed by atoms with van der Waals surface area (Å²) in [6.07, 6.45) is 1.76. The summed E-state index contributed by atoms with van der Waals surface area (Å²) in [6.45, 7) is 11.2. The Bertz CT molecular complexity index is 691. The SMILES string of the molecule is CCn1nccc1C(C)NC(=O)C(C)Cn1nc(C)c(Br)c1C. The summed E-state index contributed by atoms with van der Waals surface area (Å²) in [5.41, 5.74) is 3.00. The van der Waals surface area contributed by atoms with Gasteiger partial charge < -0.3 is 5.32 Å². The predicted molar refractivity (Wildman–Crippen MR) is 93.0 cm³/mol. The maximum Gasteiger partial charge on any atom is 0.225 e. The van der Waals surface area contributed by atoms with E-state index >= 15 is 0 Å². The van der Waals surface area contributed by atoms with Crippen molar-refractivity contribution in [3.8, 4) is 0 Å². The van der Waals surface area contributed by atoms with Crippen molar-refractivity contribution < 1.29 is 4.79 Å². The molecule has 0 saturated carbocycles. The van der Waals surface area contributed by atoms with Gasteiger partial charge >= 0.3 is 0 Å². The van der Waals surface area contributed by atoms with E-state index in [4.69, 9.17) is 0 Å². The molecule has 2 aromatic rings. The molecule has 1 N–H and O–H groups in total. The molecule has 0 aliphatic heterocycles. The molecule has 0 aliphatic rings. The van der Waals surface area contributed by atoms with Crippen LogP contribution in [0.15, 0.2) is 16.7 Å². The van der Waals surface area contributed by atoms with Crippen LogP contribution in [0.2, 0.25) is 0 Å². The van der Waals surface area contributed by atoms with Crippen molar-refractivity contribution in [3.05, 3.63) is 33.8 Å². The zero-order valence-electron chi connectivity index (χ0n) is 14.3. The summed E-state index contributed by atoms with van der Waals surface area (Å²) in [4.78, 5) is 12.5. The Balaban J connectivity index is 2.01. The third-order valence-corrected chi connectivity index (χ3v) is 5.19. The van der Waals surface area contributed by atoms with Gasteiger partial charge in [-0.1, -0.05) is 6.92 Å². The first kappa shape index (κ1) is 17.7. The Morgan fingerprint density at radius 1 is 1.35 bits per heavy atom. The lowest BCUT2D eigenvalue weighted by Crippen LogP contribution is -2.34. The molecule has 7 heteroatoms. The van der Waals surface area contributed by atoms with Crippen LogP contribution in [0, 0.1) is 19.8 Å². The standard InChI is InChI=1S/C16H24BrN5O/c1-6-21-14(7-8-18-21)11(3)19-16(23)10(2)9-22-13(5)15(17)12(4)20-22/h7-8,10-11H,6,9H2,1-5H3,(H,19,23). The molecular formula is C16H24BrN5O. The van der Waals surface area contributed by atoms with Crippen molar-refractivity contribution in [2.45, 2.75) is 53.8 Å². The van der Waals surface area contributed by atoms with Crippen LogP contribution in [-0.2, 0) is 17.9 Å². The third-order valence-electron chi connectivity index (χ3n) is 4.04. The number of nitrogens with zero attached hydrogens (tertiary/aromatic N) is 4. The highest BCUT2D eigenvalue weighted by molar-refractivity contribution is 9.10. The smallest absolute Gasteiger partial charge is 0.225 e. The molecule has 0 radical (unpaired) electrons. The molecule has 126 valence electrons. The molecule has 1 amide bonds. The highest BCUT2D eigenvalue weighted by atomic mass is 79.9. The molecule has 2 atom stereocenters. The van der Waals surface area contributed by atoms with E-state index < -0.39 is 0 Å². The molecule has 0 bridgehead atoms. The Morgan fingerprint density at radius 2 is 2.04 bits per heavy atom. The average molecular weight is 382 g/mol. The normalized spacial score (nSPS) is 13.8. The van der Waals surface area contributed by atoms with Crippen molar-refractivity contribution in [2.75, 3.05) is 0 Å². The quantitative estimate of drug-likeness (QED) is 0.836. The van der Waals surface area contributed by atoms with E-state index in [2.05, 4.69) is 31.4 Å². The number of aromatic nitrogens is 4. The summed E-state index contributed by atoms with van der Waals surface area (Å²) >= 11 is 3.52. The fourth-order valence-corrected chi connectivity index (χ4v) is 2.88. The highest BCUT2D eigenvalue weighted by Gasteiger charge is 2.20. The molecular weight excluding hydrogens is 358 g/mol. The molecule has 2 unspecified atom stereocenters. The van der Waals surface area contributed by atoms with Gasteiger partial charge in [0.2, 0.25) is 5.91 Å². The average Bonchev–Trinajstić information content (AvgIpc) is 3.08. The number of aryl methyl sites for hydroxylation is 2. The summed E-state index contributed by atoms with van der Waals surface area (Å²) in [6, 6.07) is 1.87. The van der Waals surface area contributed by atoms with Crippen molar-refractivity contribution in [1.82, 2.24) is 24.9 Å². The lowest BCUT2D eigenvalue weighted by atomic mass is 10.1.